The van der Waals surface area contributed by atoms with Crippen molar-refractivity contribution < 1.29 is 9.32 Å². The zero-order valence-electron chi connectivity index (χ0n) is 11.3. The summed E-state index contributed by atoms with van der Waals surface area (Å²) in [4.78, 5) is 14.2. The van der Waals surface area contributed by atoms with Crippen LogP contribution >= 0.6 is 0 Å². The van der Waals surface area contributed by atoms with Gasteiger partial charge in [-0.25, -0.2) is 0 Å². The van der Waals surface area contributed by atoms with Crippen LogP contribution in [0.3, 0.4) is 0 Å². The van der Waals surface area contributed by atoms with Gasteiger partial charge in [0.05, 0.1) is 6.20 Å². The van der Waals surface area contributed by atoms with Crippen molar-refractivity contribution in [3.63, 3.8) is 0 Å². The Kier molecular flexibility index (Phi) is 4.39. The zero-order chi connectivity index (χ0) is 13.0. The van der Waals surface area contributed by atoms with Gasteiger partial charge in [-0.2, -0.15) is 0 Å². The lowest BCUT2D eigenvalue weighted by molar-refractivity contribution is -0.138. The lowest BCUT2D eigenvalue weighted by Crippen LogP contribution is -2.45. The Bertz CT molecular complexity index is 373. The smallest absolute Gasteiger partial charge is 0.225 e. The van der Waals surface area contributed by atoms with Crippen molar-refractivity contribution >= 4 is 5.91 Å². The van der Waals surface area contributed by atoms with Gasteiger partial charge in [-0.15, -0.1) is 0 Å². The molecule has 0 aliphatic carbocycles. The number of piperidine rings is 1. The molecule has 18 heavy (non-hydrogen) atoms. The molecule has 2 rings (SSSR count). The van der Waals surface area contributed by atoms with Crippen LogP contribution in [-0.4, -0.2) is 28.6 Å². The number of amides is 1. The first-order valence-electron chi connectivity index (χ1n) is 6.87. The van der Waals surface area contributed by atoms with E-state index in [1.807, 2.05) is 13.8 Å². The van der Waals surface area contributed by atoms with Crippen LogP contribution in [0.2, 0.25) is 0 Å². The van der Waals surface area contributed by atoms with Crippen molar-refractivity contribution in [1.82, 2.24) is 10.1 Å². The first kappa shape index (κ1) is 13.1. The molecular formula is C14H22N2O2. The summed E-state index contributed by atoms with van der Waals surface area (Å²) in [6.07, 6.45) is 8.91. The van der Waals surface area contributed by atoms with E-state index in [2.05, 4.69) is 10.1 Å². The van der Waals surface area contributed by atoms with Crippen molar-refractivity contribution in [2.45, 2.75) is 52.0 Å². The highest BCUT2D eigenvalue weighted by Gasteiger charge is 2.27. The molecule has 1 aliphatic rings. The lowest BCUT2D eigenvalue weighted by Gasteiger charge is -2.37. The van der Waals surface area contributed by atoms with E-state index < -0.39 is 0 Å². The molecule has 0 saturated carbocycles. The molecule has 0 spiro atoms. The molecule has 100 valence electrons. The van der Waals surface area contributed by atoms with Crippen LogP contribution in [0.1, 0.15) is 45.1 Å². The maximum Gasteiger partial charge on any atom is 0.225 e. The summed E-state index contributed by atoms with van der Waals surface area (Å²) in [5.41, 5.74) is 1.12. The summed E-state index contributed by atoms with van der Waals surface area (Å²) in [6, 6.07) is 0.392. The lowest BCUT2D eigenvalue weighted by atomic mass is 9.95. The van der Waals surface area contributed by atoms with Crippen LogP contribution < -0.4 is 0 Å². The maximum atomic E-state index is 12.2. The second-order valence-electron chi connectivity index (χ2n) is 5.41. The van der Waals surface area contributed by atoms with Gasteiger partial charge in [0.2, 0.25) is 5.91 Å². The average molecular weight is 250 g/mol. The molecule has 4 heteroatoms. The first-order chi connectivity index (χ1) is 8.68. The third-order valence-corrected chi connectivity index (χ3v) is 3.65. The molecule has 1 unspecified atom stereocenters. The highest BCUT2D eigenvalue weighted by Crippen LogP contribution is 2.23. The Morgan fingerprint density at radius 2 is 2.39 bits per heavy atom. The Morgan fingerprint density at radius 1 is 1.56 bits per heavy atom. The molecular weight excluding hydrogens is 228 g/mol. The minimum Gasteiger partial charge on any atom is -0.364 e. The van der Waals surface area contributed by atoms with Gasteiger partial charge in [0, 0.05) is 24.1 Å². The second-order valence-corrected chi connectivity index (χ2v) is 5.41. The molecule has 2 heterocycles. The van der Waals surface area contributed by atoms with Crippen LogP contribution in [0.15, 0.2) is 17.0 Å². The Hall–Kier alpha value is -1.32. The fourth-order valence-corrected chi connectivity index (χ4v) is 2.61. The number of aromatic nitrogens is 1. The highest BCUT2D eigenvalue weighted by atomic mass is 16.5. The van der Waals surface area contributed by atoms with E-state index in [1.165, 1.54) is 6.42 Å². The summed E-state index contributed by atoms with van der Waals surface area (Å²) in [5.74, 6) is 0.395. The maximum absolute atomic E-state index is 12.2. The van der Waals surface area contributed by atoms with Crippen molar-refractivity contribution in [1.29, 1.82) is 0 Å². The number of carbonyl (C=O) groups excluding carboxylic acids is 1. The van der Waals surface area contributed by atoms with Crippen LogP contribution in [-0.2, 0) is 11.2 Å². The van der Waals surface area contributed by atoms with Crippen molar-refractivity contribution in [3.8, 4) is 0 Å². The summed E-state index contributed by atoms with van der Waals surface area (Å²) in [7, 11) is 0. The topological polar surface area (TPSA) is 46.3 Å². The molecule has 1 fully saturated rings. The summed E-state index contributed by atoms with van der Waals surface area (Å²) in [5, 5.41) is 3.71. The Balaban J connectivity index is 1.93. The SMILES string of the molecule is CC(C)C(=O)N1CCCCC1CCc1cnoc1. The molecule has 0 radical (unpaired) electrons. The van der Waals surface area contributed by atoms with Crippen molar-refractivity contribution in [3.05, 3.63) is 18.0 Å². The molecule has 0 aromatic carbocycles. The predicted octanol–water partition coefficient (Wildman–Crippen LogP) is 2.64. The largest absolute Gasteiger partial charge is 0.364 e. The number of carbonyl (C=O) groups is 1. The normalized spacial score (nSPS) is 20.4. The van der Waals surface area contributed by atoms with Gasteiger partial charge < -0.3 is 9.42 Å². The fourth-order valence-electron chi connectivity index (χ4n) is 2.61. The molecule has 0 bridgehead atoms. The molecule has 1 atom stereocenters. The summed E-state index contributed by atoms with van der Waals surface area (Å²) in [6.45, 7) is 4.88. The van der Waals surface area contributed by atoms with E-state index in [0.717, 1.165) is 37.8 Å². The molecule has 1 aliphatic heterocycles. The highest BCUT2D eigenvalue weighted by molar-refractivity contribution is 5.78. The number of aryl methyl sites for hydroxylation is 1. The van der Waals surface area contributed by atoms with Crippen LogP contribution in [0, 0.1) is 5.92 Å². The molecule has 1 amide bonds. The van der Waals surface area contributed by atoms with Gasteiger partial charge in [0.25, 0.3) is 0 Å². The van der Waals surface area contributed by atoms with Crippen molar-refractivity contribution in [2.75, 3.05) is 6.54 Å². The first-order valence-corrected chi connectivity index (χ1v) is 6.87. The summed E-state index contributed by atoms with van der Waals surface area (Å²) >= 11 is 0. The minimum absolute atomic E-state index is 0.0983. The number of rotatable bonds is 4. The molecule has 1 aromatic heterocycles. The van der Waals surface area contributed by atoms with Crippen LogP contribution in [0.25, 0.3) is 0 Å². The Morgan fingerprint density at radius 3 is 3.06 bits per heavy atom. The van der Waals surface area contributed by atoms with E-state index in [-0.39, 0.29) is 5.92 Å². The van der Waals surface area contributed by atoms with Gasteiger partial charge in [-0.1, -0.05) is 19.0 Å². The van der Waals surface area contributed by atoms with Gasteiger partial charge in [-0.3, -0.25) is 4.79 Å². The third-order valence-electron chi connectivity index (χ3n) is 3.65. The molecule has 4 nitrogen and oxygen atoms in total. The molecule has 1 saturated heterocycles. The molecule has 0 N–H and O–H groups in total. The zero-order valence-corrected chi connectivity index (χ0v) is 11.3. The van der Waals surface area contributed by atoms with E-state index in [0.29, 0.717) is 11.9 Å². The monoisotopic (exact) mass is 250 g/mol. The number of hydrogen-bond acceptors (Lipinski definition) is 3. The van der Waals surface area contributed by atoms with Crippen LogP contribution in [0.4, 0.5) is 0 Å². The van der Waals surface area contributed by atoms with E-state index in [1.54, 1.807) is 12.5 Å². The van der Waals surface area contributed by atoms with E-state index in [4.69, 9.17) is 4.52 Å². The van der Waals surface area contributed by atoms with E-state index >= 15 is 0 Å². The number of likely N-dealkylation sites (tertiary alicyclic amines) is 1. The second kappa shape index (κ2) is 6.03. The van der Waals surface area contributed by atoms with Crippen molar-refractivity contribution in [2.24, 2.45) is 5.92 Å². The Labute approximate surface area is 108 Å². The van der Waals surface area contributed by atoms with Gasteiger partial charge in [0.15, 0.2) is 0 Å². The quantitative estimate of drug-likeness (QED) is 0.825. The average Bonchev–Trinajstić information content (AvgIpc) is 2.89. The minimum atomic E-state index is 0.0983. The third kappa shape index (κ3) is 3.12. The van der Waals surface area contributed by atoms with Gasteiger partial charge in [0.1, 0.15) is 6.26 Å². The summed E-state index contributed by atoms with van der Waals surface area (Å²) < 4.78 is 4.84. The van der Waals surface area contributed by atoms with Gasteiger partial charge >= 0.3 is 0 Å². The predicted molar refractivity (Wildman–Crippen MR) is 69.0 cm³/mol. The van der Waals surface area contributed by atoms with Crippen LogP contribution in [0.5, 0.6) is 0 Å². The van der Waals surface area contributed by atoms with E-state index in [9.17, 15) is 4.79 Å². The fraction of sp³-hybridized carbons (Fsp3) is 0.714. The standard InChI is InChI=1S/C14H22N2O2/c1-11(2)14(17)16-8-4-3-5-13(16)7-6-12-9-15-18-10-12/h9-11,13H,3-8H2,1-2H3. The number of nitrogens with zero attached hydrogens (tertiary/aromatic N) is 2. The van der Waals surface area contributed by atoms with Gasteiger partial charge in [-0.05, 0) is 32.1 Å². The number of hydrogen-bond donors (Lipinski definition) is 0. The molecule has 1 aromatic rings.